The fraction of sp³-hybridized carbons (Fsp3) is 1.00. The summed E-state index contributed by atoms with van der Waals surface area (Å²) < 4.78 is 44.6. The normalized spacial score (nSPS) is 14.6. The molecule has 0 radical (unpaired) electrons. The minimum absolute atomic E-state index is 0.0810. The Morgan fingerprint density at radius 2 is 1.19 bits per heavy atom. The summed E-state index contributed by atoms with van der Waals surface area (Å²) in [6.07, 6.45) is 8.32. The molecule has 0 saturated heterocycles. The molecule has 0 saturated carbocycles. The highest BCUT2D eigenvalue weighted by Gasteiger charge is 2.60. The molecule has 0 aromatic rings. The van der Waals surface area contributed by atoms with Crippen molar-refractivity contribution in [2.75, 3.05) is 28.4 Å². The minimum Gasteiger partial charge on any atom is -0.355 e. The fourth-order valence-corrected chi connectivity index (χ4v) is 6.50. The van der Waals surface area contributed by atoms with Crippen LogP contribution in [0.15, 0.2) is 0 Å². The lowest BCUT2D eigenvalue weighted by atomic mass is 10.1. The Hall–Kier alpha value is 0.220. The van der Waals surface area contributed by atoms with Gasteiger partial charge in [0.05, 0.1) is 0 Å². The summed E-state index contributed by atoms with van der Waals surface area (Å²) >= 11 is 0. The topological polar surface area (TPSA) is 112 Å². The lowest BCUT2D eigenvalue weighted by molar-refractivity contribution is -0.114. The van der Waals surface area contributed by atoms with Crippen LogP contribution in [-0.2, 0) is 27.2 Å². The molecular weight excluding hydrogens is 382 g/mol. The zero-order chi connectivity index (χ0) is 20.3. The summed E-state index contributed by atoms with van der Waals surface area (Å²) in [5.74, 6) is 0. The van der Waals surface area contributed by atoms with Crippen LogP contribution in [0.25, 0.3) is 0 Å². The number of hydrogen-bond donors (Lipinski definition) is 2. The molecule has 1 unspecified atom stereocenters. The maximum Gasteiger partial charge on any atom is 0.389 e. The molecule has 0 heterocycles. The van der Waals surface area contributed by atoms with Crippen LogP contribution in [0.5, 0.6) is 0 Å². The van der Waals surface area contributed by atoms with Crippen LogP contribution in [0.4, 0.5) is 0 Å². The second-order valence-electron chi connectivity index (χ2n) is 6.23. The molecule has 0 bridgehead atoms. The predicted molar refractivity (Wildman–Crippen MR) is 101 cm³/mol. The van der Waals surface area contributed by atoms with Gasteiger partial charge in [0.2, 0.25) is 0 Å². The van der Waals surface area contributed by atoms with Gasteiger partial charge in [-0.2, -0.15) is 0 Å². The van der Waals surface area contributed by atoms with Gasteiger partial charge in [-0.05, 0) is 6.42 Å². The Kier molecular flexibility index (Phi) is 12.7. The molecule has 0 aliphatic heterocycles. The predicted octanol–water partition coefficient (Wildman–Crippen LogP) is 4.50. The molecule has 0 aromatic heterocycles. The van der Waals surface area contributed by atoms with E-state index in [1.54, 1.807) is 0 Å². The van der Waals surface area contributed by atoms with Crippen molar-refractivity contribution in [1.29, 1.82) is 0 Å². The Bertz CT molecular complexity index is 453. The standard InChI is InChI=1S/C16H36O8P2/c1-6-7-8-9-10-11-12-13-14-15(25(19,21-2)22-3)16(17,18)26(20,23-4)24-5/h15,17-18H,6-14H2,1-5H3. The largest absolute Gasteiger partial charge is 0.389 e. The van der Waals surface area contributed by atoms with Crippen LogP contribution < -0.4 is 0 Å². The maximum atomic E-state index is 12.8. The van der Waals surface area contributed by atoms with Crippen LogP contribution >= 0.6 is 15.2 Å². The minimum atomic E-state index is -4.36. The van der Waals surface area contributed by atoms with Gasteiger partial charge in [-0.3, -0.25) is 9.13 Å². The summed E-state index contributed by atoms with van der Waals surface area (Å²) in [5.41, 5.74) is -4.46. The number of rotatable bonds is 16. The summed E-state index contributed by atoms with van der Waals surface area (Å²) in [5, 5.41) is 21.0. The van der Waals surface area contributed by atoms with Crippen molar-refractivity contribution in [3.63, 3.8) is 0 Å². The van der Waals surface area contributed by atoms with E-state index in [-0.39, 0.29) is 6.42 Å². The van der Waals surface area contributed by atoms with Crippen molar-refractivity contribution in [2.24, 2.45) is 0 Å². The highest BCUT2D eigenvalue weighted by Crippen LogP contribution is 2.67. The van der Waals surface area contributed by atoms with Crippen molar-refractivity contribution in [1.82, 2.24) is 0 Å². The zero-order valence-electron chi connectivity index (χ0n) is 16.7. The first kappa shape index (κ1) is 26.2. The van der Waals surface area contributed by atoms with E-state index in [0.717, 1.165) is 47.7 Å². The van der Waals surface area contributed by atoms with Gasteiger partial charge in [0.15, 0.2) is 0 Å². The molecule has 1 atom stereocenters. The van der Waals surface area contributed by atoms with E-state index in [9.17, 15) is 19.3 Å². The van der Waals surface area contributed by atoms with Crippen molar-refractivity contribution >= 4 is 15.2 Å². The number of aliphatic hydroxyl groups is 2. The molecule has 0 aliphatic rings. The van der Waals surface area contributed by atoms with Gasteiger partial charge in [-0.25, -0.2) is 0 Å². The Labute approximate surface area is 157 Å². The van der Waals surface area contributed by atoms with E-state index in [1.165, 1.54) is 25.7 Å². The highest BCUT2D eigenvalue weighted by atomic mass is 31.2. The summed E-state index contributed by atoms with van der Waals surface area (Å²) in [6, 6.07) is 0. The molecule has 10 heteroatoms. The molecule has 0 aromatic carbocycles. The molecule has 0 fully saturated rings. The maximum absolute atomic E-state index is 12.8. The van der Waals surface area contributed by atoms with Gasteiger partial charge in [0.25, 0.3) is 5.53 Å². The third kappa shape index (κ3) is 6.99. The first-order valence-corrected chi connectivity index (χ1v) is 12.2. The van der Waals surface area contributed by atoms with E-state index in [4.69, 9.17) is 18.1 Å². The second kappa shape index (κ2) is 12.6. The third-order valence-corrected chi connectivity index (χ3v) is 9.24. The van der Waals surface area contributed by atoms with Crippen LogP contribution in [0, 0.1) is 0 Å². The number of hydrogen-bond acceptors (Lipinski definition) is 8. The molecule has 0 amide bonds. The molecule has 0 spiro atoms. The quantitative estimate of drug-likeness (QED) is 0.214. The van der Waals surface area contributed by atoms with Gasteiger partial charge in [0, 0.05) is 28.4 Å². The van der Waals surface area contributed by atoms with Gasteiger partial charge in [0.1, 0.15) is 5.66 Å². The van der Waals surface area contributed by atoms with Gasteiger partial charge >= 0.3 is 15.2 Å². The summed E-state index contributed by atoms with van der Waals surface area (Å²) in [4.78, 5) is 0. The van der Waals surface area contributed by atoms with Crippen molar-refractivity contribution < 1.29 is 37.4 Å². The second-order valence-corrected chi connectivity index (χ2v) is 11.1. The average Bonchev–Trinajstić information content (AvgIpc) is 2.65. The molecule has 26 heavy (non-hydrogen) atoms. The van der Waals surface area contributed by atoms with Gasteiger partial charge in [-0.15, -0.1) is 0 Å². The lowest BCUT2D eigenvalue weighted by Crippen LogP contribution is -2.43. The van der Waals surface area contributed by atoms with Crippen LogP contribution in [0.1, 0.15) is 64.7 Å². The molecule has 0 rings (SSSR count). The van der Waals surface area contributed by atoms with Crippen LogP contribution in [0.3, 0.4) is 0 Å². The monoisotopic (exact) mass is 418 g/mol. The molecule has 2 N–H and O–H groups in total. The fourth-order valence-electron chi connectivity index (χ4n) is 2.89. The van der Waals surface area contributed by atoms with E-state index >= 15 is 0 Å². The Morgan fingerprint density at radius 1 is 0.769 bits per heavy atom. The van der Waals surface area contributed by atoms with E-state index in [1.807, 2.05) is 0 Å². The lowest BCUT2D eigenvalue weighted by Gasteiger charge is -2.37. The average molecular weight is 418 g/mol. The first-order valence-electron chi connectivity index (χ1n) is 9.06. The van der Waals surface area contributed by atoms with E-state index in [0.29, 0.717) is 6.42 Å². The Morgan fingerprint density at radius 3 is 1.58 bits per heavy atom. The third-order valence-electron chi connectivity index (χ3n) is 4.55. The van der Waals surface area contributed by atoms with E-state index in [2.05, 4.69) is 6.92 Å². The summed E-state index contributed by atoms with van der Waals surface area (Å²) in [6.45, 7) is 2.17. The zero-order valence-corrected chi connectivity index (χ0v) is 18.5. The summed E-state index contributed by atoms with van der Waals surface area (Å²) in [7, 11) is -3.95. The van der Waals surface area contributed by atoms with Crippen LogP contribution in [0.2, 0.25) is 0 Å². The molecule has 158 valence electrons. The smallest absolute Gasteiger partial charge is 0.355 e. The highest BCUT2D eigenvalue weighted by molar-refractivity contribution is 7.59. The van der Waals surface area contributed by atoms with Gasteiger partial charge < -0.3 is 28.3 Å². The molecule has 0 aliphatic carbocycles. The molecule has 8 nitrogen and oxygen atoms in total. The van der Waals surface area contributed by atoms with Gasteiger partial charge in [-0.1, -0.05) is 58.3 Å². The number of unbranched alkanes of at least 4 members (excludes halogenated alkanes) is 7. The van der Waals surface area contributed by atoms with Crippen molar-refractivity contribution in [2.45, 2.75) is 75.9 Å². The first-order chi connectivity index (χ1) is 12.2. The van der Waals surface area contributed by atoms with Crippen molar-refractivity contribution in [3.8, 4) is 0 Å². The van der Waals surface area contributed by atoms with Crippen molar-refractivity contribution in [3.05, 3.63) is 0 Å². The van der Waals surface area contributed by atoms with Crippen LogP contribution in [-0.4, -0.2) is 49.8 Å². The SMILES string of the molecule is CCCCCCCCCCC(C(O)(O)P(=O)(OC)OC)P(=O)(OC)OC. The molecular formula is C16H36O8P2. The Balaban J connectivity index is 5.00. The van der Waals surface area contributed by atoms with E-state index < -0.39 is 26.4 Å².